The normalized spacial score (nSPS) is 11.8. The van der Waals surface area contributed by atoms with Crippen molar-refractivity contribution in [2.24, 2.45) is 0 Å². The number of rotatable bonds is 11. The lowest BCUT2D eigenvalue weighted by Gasteiger charge is -2.12. The summed E-state index contributed by atoms with van der Waals surface area (Å²) in [7, 11) is -8.08. The summed E-state index contributed by atoms with van der Waals surface area (Å²) in [5.41, 5.74) is 3.22. The second kappa shape index (κ2) is 11.9. The summed E-state index contributed by atoms with van der Waals surface area (Å²) in [5, 5.41) is 0. The summed E-state index contributed by atoms with van der Waals surface area (Å²) in [6.07, 6.45) is 0. The van der Waals surface area contributed by atoms with Crippen molar-refractivity contribution in [2.45, 2.75) is 43.5 Å². The van der Waals surface area contributed by atoms with Gasteiger partial charge in [0.25, 0.3) is 20.2 Å². The van der Waals surface area contributed by atoms with Crippen LogP contribution >= 0.6 is 0 Å². The van der Waals surface area contributed by atoms with E-state index in [0.717, 1.165) is 16.7 Å². The van der Waals surface area contributed by atoms with Gasteiger partial charge in [-0.15, -0.1) is 0 Å². The molecule has 0 amide bonds. The maximum absolute atomic E-state index is 12.7. The zero-order chi connectivity index (χ0) is 27.2. The van der Waals surface area contributed by atoms with Crippen LogP contribution in [-0.4, -0.2) is 21.8 Å². The summed E-state index contributed by atoms with van der Waals surface area (Å²) in [4.78, 5) is 4.39. The smallest absolute Gasteiger partial charge is 0.297 e. The van der Waals surface area contributed by atoms with E-state index in [1.165, 1.54) is 24.3 Å². The molecule has 0 saturated carbocycles. The molecule has 38 heavy (non-hydrogen) atoms. The molecule has 0 aliphatic rings. The molecular weight excluding hydrogens is 526 g/mol. The van der Waals surface area contributed by atoms with Crippen LogP contribution in [0.2, 0.25) is 0 Å². The predicted molar refractivity (Wildman–Crippen MR) is 141 cm³/mol. The third-order valence-electron chi connectivity index (χ3n) is 5.50. The molecule has 1 heterocycles. The minimum atomic E-state index is -4.04. The Hall–Kier alpha value is -3.57. The standard InChI is InChI=1S/C28H27NO7S2/c1-21-8-12-27(13-9-21)37(30,31)35-19-24-16-26(34-18-23-6-4-3-5-7-23)17-25(29-24)20-36-38(32,33)28-14-10-22(2)11-15-28/h3-17H,18-20H2,1-2H3. The Morgan fingerprint density at radius 2 is 1.05 bits per heavy atom. The van der Waals surface area contributed by atoms with Crippen molar-refractivity contribution in [3.05, 3.63) is 119 Å². The average molecular weight is 554 g/mol. The van der Waals surface area contributed by atoms with Gasteiger partial charge in [0.2, 0.25) is 0 Å². The van der Waals surface area contributed by atoms with Crippen LogP contribution in [-0.2, 0) is 48.4 Å². The third kappa shape index (κ3) is 7.48. The van der Waals surface area contributed by atoms with Gasteiger partial charge in [0.15, 0.2) is 0 Å². The highest BCUT2D eigenvalue weighted by Gasteiger charge is 2.18. The van der Waals surface area contributed by atoms with Crippen molar-refractivity contribution in [1.29, 1.82) is 0 Å². The molecule has 0 aliphatic carbocycles. The van der Waals surface area contributed by atoms with E-state index in [4.69, 9.17) is 13.1 Å². The van der Waals surface area contributed by atoms with Crippen molar-refractivity contribution < 1.29 is 29.9 Å². The van der Waals surface area contributed by atoms with E-state index in [9.17, 15) is 16.8 Å². The summed E-state index contributed by atoms with van der Waals surface area (Å²) in [6, 6.07) is 25.1. The molecule has 0 spiro atoms. The van der Waals surface area contributed by atoms with Crippen molar-refractivity contribution in [3.63, 3.8) is 0 Å². The van der Waals surface area contributed by atoms with Gasteiger partial charge in [0.05, 0.1) is 21.2 Å². The maximum Gasteiger partial charge on any atom is 0.297 e. The van der Waals surface area contributed by atoms with E-state index in [1.807, 2.05) is 44.2 Å². The highest BCUT2D eigenvalue weighted by molar-refractivity contribution is 7.87. The number of benzene rings is 3. The predicted octanol–water partition coefficient (Wildman–Crippen LogP) is 5.09. The number of hydrogen-bond donors (Lipinski definition) is 0. The first kappa shape index (κ1) is 27.5. The fraction of sp³-hybridized carbons (Fsp3) is 0.179. The number of aromatic nitrogens is 1. The second-order valence-corrected chi connectivity index (χ2v) is 11.8. The highest BCUT2D eigenvalue weighted by Crippen LogP contribution is 2.22. The van der Waals surface area contributed by atoms with E-state index in [0.29, 0.717) is 5.75 Å². The van der Waals surface area contributed by atoms with Gasteiger partial charge in [-0.05, 0) is 43.7 Å². The Bertz CT molecular complexity index is 1490. The minimum Gasteiger partial charge on any atom is -0.489 e. The Labute approximate surface area is 223 Å². The van der Waals surface area contributed by atoms with Gasteiger partial charge in [-0.25, -0.2) is 0 Å². The molecule has 4 aromatic rings. The number of nitrogens with zero attached hydrogens (tertiary/aromatic N) is 1. The largest absolute Gasteiger partial charge is 0.489 e. The second-order valence-electron chi connectivity index (χ2n) is 8.62. The van der Waals surface area contributed by atoms with Crippen LogP contribution < -0.4 is 4.74 Å². The van der Waals surface area contributed by atoms with Crippen LogP contribution in [0.4, 0.5) is 0 Å². The molecule has 0 fully saturated rings. The van der Waals surface area contributed by atoms with Crippen LogP contribution in [0.5, 0.6) is 5.75 Å². The van der Waals surface area contributed by atoms with E-state index in [1.54, 1.807) is 36.4 Å². The minimum absolute atomic E-state index is 0.0207. The zero-order valence-corrected chi connectivity index (χ0v) is 22.5. The van der Waals surface area contributed by atoms with Crippen molar-refractivity contribution in [2.75, 3.05) is 0 Å². The molecule has 0 N–H and O–H groups in total. The maximum atomic E-state index is 12.7. The van der Waals surface area contributed by atoms with E-state index >= 15 is 0 Å². The van der Waals surface area contributed by atoms with Gasteiger partial charge >= 0.3 is 0 Å². The summed E-state index contributed by atoms with van der Waals surface area (Å²) in [6.45, 7) is 3.19. The molecule has 0 aliphatic heterocycles. The van der Waals surface area contributed by atoms with Crippen molar-refractivity contribution in [1.82, 2.24) is 4.98 Å². The SMILES string of the molecule is Cc1ccc(S(=O)(=O)OCc2cc(OCc3ccccc3)cc(COS(=O)(=O)c3ccc(C)cc3)n2)cc1. The Morgan fingerprint density at radius 3 is 1.50 bits per heavy atom. The fourth-order valence-corrected chi connectivity index (χ4v) is 5.18. The highest BCUT2D eigenvalue weighted by atomic mass is 32.2. The zero-order valence-electron chi connectivity index (χ0n) is 20.9. The van der Waals surface area contributed by atoms with Crippen LogP contribution in [0.3, 0.4) is 0 Å². The monoisotopic (exact) mass is 553 g/mol. The molecule has 8 nitrogen and oxygen atoms in total. The van der Waals surface area contributed by atoms with E-state index in [-0.39, 0.29) is 41.0 Å². The molecule has 198 valence electrons. The molecule has 0 bridgehead atoms. The van der Waals surface area contributed by atoms with Crippen molar-refractivity contribution in [3.8, 4) is 5.75 Å². The lowest BCUT2D eigenvalue weighted by atomic mass is 10.2. The lowest BCUT2D eigenvalue weighted by molar-refractivity contribution is 0.283. The average Bonchev–Trinajstić information content (AvgIpc) is 2.91. The molecule has 10 heteroatoms. The topological polar surface area (TPSA) is 109 Å². The summed E-state index contributed by atoms with van der Waals surface area (Å²) < 4.78 is 67.0. The first-order valence-electron chi connectivity index (χ1n) is 11.7. The van der Waals surface area contributed by atoms with Gasteiger partial charge < -0.3 is 4.74 Å². The molecule has 0 unspecified atom stereocenters. The first-order valence-corrected chi connectivity index (χ1v) is 14.5. The quantitative estimate of drug-likeness (QED) is 0.236. The molecule has 3 aromatic carbocycles. The molecule has 1 aromatic heterocycles. The van der Waals surface area contributed by atoms with Crippen LogP contribution in [0, 0.1) is 13.8 Å². The lowest BCUT2D eigenvalue weighted by Crippen LogP contribution is -2.10. The summed E-state index contributed by atoms with van der Waals surface area (Å²) >= 11 is 0. The van der Waals surface area contributed by atoms with Gasteiger partial charge in [-0.1, -0.05) is 65.7 Å². The van der Waals surface area contributed by atoms with Gasteiger partial charge in [-0.2, -0.15) is 16.8 Å². The van der Waals surface area contributed by atoms with E-state index < -0.39 is 20.2 Å². The fourth-order valence-electron chi connectivity index (χ4n) is 3.41. The Balaban J connectivity index is 1.54. The number of pyridine rings is 1. The molecule has 0 radical (unpaired) electrons. The van der Waals surface area contributed by atoms with E-state index in [2.05, 4.69) is 4.98 Å². The molecule has 4 rings (SSSR count). The van der Waals surface area contributed by atoms with Gasteiger partial charge in [0.1, 0.15) is 25.6 Å². The molecule has 0 saturated heterocycles. The molecular formula is C28H27NO7S2. The first-order chi connectivity index (χ1) is 18.1. The van der Waals surface area contributed by atoms with Crippen LogP contribution in [0.1, 0.15) is 28.1 Å². The number of hydrogen-bond acceptors (Lipinski definition) is 8. The number of aryl methyl sites for hydroxylation is 2. The van der Waals surface area contributed by atoms with Crippen molar-refractivity contribution >= 4 is 20.2 Å². The van der Waals surface area contributed by atoms with Gasteiger partial charge in [0, 0.05) is 12.1 Å². The van der Waals surface area contributed by atoms with Crippen LogP contribution in [0.15, 0.2) is 101 Å². The summed E-state index contributed by atoms with van der Waals surface area (Å²) in [5.74, 6) is 0.363. The number of ether oxygens (including phenoxy) is 1. The van der Waals surface area contributed by atoms with Crippen LogP contribution in [0.25, 0.3) is 0 Å². The third-order valence-corrected chi connectivity index (χ3v) is 8.05. The molecule has 0 atom stereocenters. The Morgan fingerprint density at radius 1 is 0.605 bits per heavy atom. The van der Waals surface area contributed by atoms with Gasteiger partial charge in [-0.3, -0.25) is 13.4 Å². The Kier molecular flexibility index (Phi) is 8.58.